The zero-order valence-corrected chi connectivity index (χ0v) is 26.8. The quantitative estimate of drug-likeness (QED) is 0.281. The van der Waals surface area contributed by atoms with Crippen molar-refractivity contribution in [3.8, 4) is 0 Å². The van der Waals surface area contributed by atoms with Gasteiger partial charge in [-0.05, 0) is 96.7 Å². The Labute approximate surface area is 256 Å². The van der Waals surface area contributed by atoms with Gasteiger partial charge in [0, 0.05) is 12.3 Å². The molecule has 0 aromatic rings. The highest BCUT2D eigenvalue weighted by atomic mass is 16.7. The molecule has 43 heavy (non-hydrogen) atoms. The second-order valence-corrected chi connectivity index (χ2v) is 16.8. The Balaban J connectivity index is 1.13. The molecule has 2 aliphatic heterocycles. The maximum atomic E-state index is 12.3. The summed E-state index contributed by atoms with van der Waals surface area (Å²) in [6, 6.07) is 0. The monoisotopic (exact) mass is 606 g/mol. The third-order valence-corrected chi connectivity index (χ3v) is 15.0. The Morgan fingerprint density at radius 2 is 1.63 bits per heavy atom. The van der Waals surface area contributed by atoms with Crippen LogP contribution in [0, 0.1) is 50.7 Å². The Morgan fingerprint density at radius 3 is 2.35 bits per heavy atom. The molecule has 2 heterocycles. The van der Waals surface area contributed by atoms with E-state index < -0.39 is 30.7 Å². The SMILES string of the molecule is CC(=O)OCC1C[C@@H](C)[C@H]2C(O1)[C@H](O)[C@@]1(C)C3CC[C@H]4C(C)(C)[C@@H](OC5OC[C@@H](O)[C@H](O)[C@H]5O)CCC45C[C@@]35CCC21C. The summed E-state index contributed by atoms with van der Waals surface area (Å²) in [4.78, 5) is 11.5. The molecule has 0 aromatic carbocycles. The molecule has 244 valence electrons. The second-order valence-electron chi connectivity index (χ2n) is 16.8. The molecule has 7 fully saturated rings. The van der Waals surface area contributed by atoms with E-state index in [1.807, 2.05) is 0 Å². The van der Waals surface area contributed by atoms with E-state index in [-0.39, 0.29) is 70.5 Å². The highest BCUT2D eigenvalue weighted by molar-refractivity contribution is 5.65. The molecule has 4 N–H and O–H groups in total. The van der Waals surface area contributed by atoms with Gasteiger partial charge in [0.25, 0.3) is 0 Å². The number of aliphatic hydroxyl groups is 4. The van der Waals surface area contributed by atoms with Gasteiger partial charge in [-0.25, -0.2) is 0 Å². The van der Waals surface area contributed by atoms with Crippen LogP contribution in [0.4, 0.5) is 0 Å². The first-order valence-electron chi connectivity index (χ1n) is 16.9. The second kappa shape index (κ2) is 9.85. The number of rotatable bonds is 4. The fourth-order valence-corrected chi connectivity index (χ4v) is 13.0. The van der Waals surface area contributed by atoms with Crippen LogP contribution in [0.15, 0.2) is 0 Å². The summed E-state index contributed by atoms with van der Waals surface area (Å²) in [5.74, 6) is 1.25. The third-order valence-electron chi connectivity index (χ3n) is 15.0. The van der Waals surface area contributed by atoms with Crippen LogP contribution in [-0.4, -0.2) is 88.6 Å². The van der Waals surface area contributed by atoms with E-state index in [4.69, 9.17) is 18.9 Å². The van der Waals surface area contributed by atoms with E-state index in [9.17, 15) is 25.2 Å². The minimum atomic E-state index is -1.28. The van der Waals surface area contributed by atoms with Gasteiger partial charge >= 0.3 is 5.97 Å². The number of carbonyl (C=O) groups excluding carboxylic acids is 1. The van der Waals surface area contributed by atoms with E-state index in [0.29, 0.717) is 17.8 Å². The van der Waals surface area contributed by atoms with Gasteiger partial charge in [0.1, 0.15) is 24.9 Å². The van der Waals surface area contributed by atoms with Crippen molar-refractivity contribution in [2.75, 3.05) is 13.2 Å². The lowest BCUT2D eigenvalue weighted by atomic mass is 9.41. The van der Waals surface area contributed by atoms with Gasteiger partial charge < -0.3 is 39.4 Å². The van der Waals surface area contributed by atoms with E-state index in [1.54, 1.807) is 0 Å². The first-order valence-corrected chi connectivity index (χ1v) is 16.9. The van der Waals surface area contributed by atoms with Crippen molar-refractivity contribution in [1.82, 2.24) is 0 Å². The molecule has 0 radical (unpaired) electrons. The lowest BCUT2D eigenvalue weighted by Gasteiger charge is -2.64. The van der Waals surface area contributed by atoms with Crippen molar-refractivity contribution in [2.24, 2.45) is 50.7 Å². The lowest BCUT2D eigenvalue weighted by Crippen LogP contribution is -2.61. The topological polar surface area (TPSA) is 135 Å². The van der Waals surface area contributed by atoms with Crippen molar-refractivity contribution in [3.05, 3.63) is 0 Å². The van der Waals surface area contributed by atoms with Gasteiger partial charge in [0.05, 0.1) is 31.0 Å². The van der Waals surface area contributed by atoms with Crippen LogP contribution in [0.25, 0.3) is 0 Å². The molecular formula is C34H54O9. The van der Waals surface area contributed by atoms with Crippen molar-refractivity contribution >= 4 is 5.97 Å². The predicted octanol–water partition coefficient (Wildman–Crippen LogP) is 3.19. The van der Waals surface area contributed by atoms with Crippen LogP contribution >= 0.6 is 0 Å². The predicted molar refractivity (Wildman–Crippen MR) is 155 cm³/mol. The van der Waals surface area contributed by atoms with Gasteiger partial charge in [-0.2, -0.15) is 0 Å². The van der Waals surface area contributed by atoms with Crippen LogP contribution in [0.1, 0.15) is 92.9 Å². The number of ether oxygens (including phenoxy) is 4. The molecule has 0 amide bonds. The molecule has 5 aliphatic carbocycles. The maximum absolute atomic E-state index is 12.3. The fourth-order valence-electron chi connectivity index (χ4n) is 13.0. The standard InChI is InChI=1S/C34H54O9/c1-17-13-19(14-40-18(2)35)42-27-24(17)31(5)11-12-34-16-33(34)10-9-23(43-29-26(38)25(37)20(36)15-41-29)30(3,4)21(33)7-8-22(34)32(31,6)28(27)39/h17,19-29,36-39H,7-16H2,1-6H3/t17-,19?,20-,21+,22?,23+,24+,25+,26-,27?,28+,29?,31?,32-,33?,34+/m1/s1. The lowest BCUT2D eigenvalue weighted by molar-refractivity contribution is -0.303. The Morgan fingerprint density at radius 1 is 0.930 bits per heavy atom. The van der Waals surface area contributed by atoms with Crippen LogP contribution < -0.4 is 0 Å². The van der Waals surface area contributed by atoms with Crippen LogP contribution in [0.3, 0.4) is 0 Å². The number of esters is 1. The van der Waals surface area contributed by atoms with E-state index in [0.717, 1.165) is 38.5 Å². The first-order chi connectivity index (χ1) is 20.1. The highest BCUT2D eigenvalue weighted by Crippen LogP contribution is 2.89. The third kappa shape index (κ3) is 3.91. The summed E-state index contributed by atoms with van der Waals surface area (Å²) in [7, 11) is 0. The number of fused-ring (bicyclic) bond motifs is 4. The molecule has 9 nitrogen and oxygen atoms in total. The molecule has 16 atom stereocenters. The Bertz CT molecular complexity index is 1130. The van der Waals surface area contributed by atoms with Gasteiger partial charge in [-0.15, -0.1) is 0 Å². The fraction of sp³-hybridized carbons (Fsp3) is 0.971. The van der Waals surface area contributed by atoms with Crippen LogP contribution in [-0.2, 0) is 23.7 Å². The molecule has 7 rings (SSSR count). The van der Waals surface area contributed by atoms with Crippen molar-refractivity contribution < 1.29 is 44.2 Å². The summed E-state index contributed by atoms with van der Waals surface area (Å²) >= 11 is 0. The zero-order chi connectivity index (χ0) is 30.9. The average Bonchev–Trinajstić information content (AvgIpc) is 3.58. The van der Waals surface area contributed by atoms with Gasteiger partial charge in [-0.3, -0.25) is 4.79 Å². The molecule has 0 aromatic heterocycles. The van der Waals surface area contributed by atoms with Crippen LogP contribution in [0.5, 0.6) is 0 Å². The molecule has 2 spiro atoms. The summed E-state index contributed by atoms with van der Waals surface area (Å²) in [6.07, 6.45) is 2.72. The van der Waals surface area contributed by atoms with Gasteiger partial charge in [-0.1, -0.05) is 34.6 Å². The molecular weight excluding hydrogens is 552 g/mol. The molecule has 7 aliphatic rings. The van der Waals surface area contributed by atoms with E-state index >= 15 is 0 Å². The van der Waals surface area contributed by atoms with Crippen LogP contribution in [0.2, 0.25) is 0 Å². The zero-order valence-electron chi connectivity index (χ0n) is 26.8. The smallest absolute Gasteiger partial charge is 0.302 e. The van der Waals surface area contributed by atoms with Crippen molar-refractivity contribution in [2.45, 2.75) is 142 Å². The van der Waals surface area contributed by atoms with Gasteiger partial charge in [0.15, 0.2) is 6.29 Å². The minimum Gasteiger partial charge on any atom is -0.463 e. The molecule has 9 heteroatoms. The normalized spacial score (nSPS) is 58.3. The Hall–Kier alpha value is -0.810. The molecule has 2 saturated heterocycles. The molecule has 0 bridgehead atoms. The average molecular weight is 607 g/mol. The number of aliphatic hydroxyl groups excluding tert-OH is 4. The van der Waals surface area contributed by atoms with Gasteiger partial charge in [0.2, 0.25) is 0 Å². The number of carbonyl (C=O) groups is 1. The molecule has 5 saturated carbocycles. The highest BCUT2D eigenvalue weighted by Gasteiger charge is 2.84. The summed E-state index contributed by atoms with van der Waals surface area (Å²) < 4.78 is 24.1. The maximum Gasteiger partial charge on any atom is 0.302 e. The summed E-state index contributed by atoms with van der Waals surface area (Å²) in [6.45, 7) is 13.4. The van der Waals surface area contributed by atoms with E-state index in [2.05, 4.69) is 34.6 Å². The van der Waals surface area contributed by atoms with Crippen molar-refractivity contribution in [3.63, 3.8) is 0 Å². The number of hydrogen-bond donors (Lipinski definition) is 4. The largest absolute Gasteiger partial charge is 0.463 e. The van der Waals surface area contributed by atoms with E-state index in [1.165, 1.54) is 19.8 Å². The van der Waals surface area contributed by atoms with Crippen molar-refractivity contribution in [1.29, 1.82) is 0 Å². The Kier molecular flexibility index (Phi) is 7.06. The summed E-state index contributed by atoms with van der Waals surface area (Å²) in [5.41, 5.74) is 0.00714. The number of hydrogen-bond acceptors (Lipinski definition) is 9. The minimum absolute atomic E-state index is 0.0227. The first kappa shape index (κ1) is 30.8. The molecule has 6 unspecified atom stereocenters. The summed E-state index contributed by atoms with van der Waals surface area (Å²) in [5, 5.41) is 43.0.